The van der Waals surface area contributed by atoms with Crippen LogP contribution in [0.15, 0.2) is 48.5 Å². The van der Waals surface area contributed by atoms with Gasteiger partial charge in [0.2, 0.25) is 0 Å². The van der Waals surface area contributed by atoms with Crippen LogP contribution >= 0.6 is 0 Å². The molecule has 2 rings (SSSR count). The minimum Gasteiger partial charge on any atom is -0.494 e. The molecule has 0 aromatic heterocycles. The molecule has 0 aliphatic heterocycles. The van der Waals surface area contributed by atoms with Gasteiger partial charge in [-0.15, -0.1) is 0 Å². The van der Waals surface area contributed by atoms with E-state index in [0.29, 0.717) is 13.2 Å². The summed E-state index contributed by atoms with van der Waals surface area (Å²) in [6.45, 7) is 6.77. The maximum absolute atomic E-state index is 5.62. The predicted octanol–water partition coefficient (Wildman–Crippen LogP) is 4.56. The third kappa shape index (κ3) is 5.08. The van der Waals surface area contributed by atoms with Gasteiger partial charge in [-0.05, 0) is 48.7 Å². The quantitative estimate of drug-likeness (QED) is 0.635. The van der Waals surface area contributed by atoms with Crippen molar-refractivity contribution in [1.29, 1.82) is 0 Å². The highest BCUT2D eigenvalue weighted by Gasteiger charge is 2.00. The van der Waals surface area contributed by atoms with Gasteiger partial charge in [0.1, 0.15) is 18.1 Å². The Morgan fingerprint density at radius 1 is 0.636 bits per heavy atom. The van der Waals surface area contributed by atoms with E-state index in [1.165, 1.54) is 11.1 Å². The Morgan fingerprint density at radius 2 is 1.14 bits per heavy atom. The van der Waals surface area contributed by atoms with Crippen molar-refractivity contribution in [1.82, 2.24) is 0 Å². The van der Waals surface area contributed by atoms with E-state index in [-0.39, 0.29) is 0 Å². The molecule has 2 aromatic rings. The molecule has 0 aliphatic carbocycles. The summed E-state index contributed by atoms with van der Waals surface area (Å²) in [7, 11) is 0. The summed E-state index contributed by atoms with van der Waals surface area (Å²) in [6, 6.07) is 16.3. The van der Waals surface area contributed by atoms with Gasteiger partial charge in [-0.3, -0.25) is 0 Å². The lowest BCUT2D eigenvalue weighted by atomic mass is 10.1. The third-order valence-electron chi connectivity index (χ3n) is 3.22. The molecule has 3 heteroatoms. The summed E-state index contributed by atoms with van der Waals surface area (Å²) in [5, 5.41) is 0. The van der Waals surface area contributed by atoms with Crippen LogP contribution in [0.1, 0.15) is 20.3 Å². The van der Waals surface area contributed by atoms with Crippen LogP contribution in [0, 0.1) is 0 Å². The first kappa shape index (κ1) is 16.4. The maximum atomic E-state index is 5.62. The SMILES string of the molecule is CCCOc1ccc(-c2ccc(OCCOCC)cc2)cc1. The van der Waals surface area contributed by atoms with Gasteiger partial charge >= 0.3 is 0 Å². The molecule has 0 heterocycles. The topological polar surface area (TPSA) is 27.7 Å². The van der Waals surface area contributed by atoms with Crippen molar-refractivity contribution in [3.8, 4) is 22.6 Å². The Bertz CT molecular complexity index is 532. The number of hydrogen-bond acceptors (Lipinski definition) is 3. The van der Waals surface area contributed by atoms with Crippen LogP contribution in [0.3, 0.4) is 0 Å². The van der Waals surface area contributed by atoms with Crippen molar-refractivity contribution in [2.45, 2.75) is 20.3 Å². The van der Waals surface area contributed by atoms with E-state index in [1.807, 2.05) is 31.2 Å². The van der Waals surface area contributed by atoms with Gasteiger partial charge in [-0.2, -0.15) is 0 Å². The largest absolute Gasteiger partial charge is 0.494 e. The van der Waals surface area contributed by atoms with Gasteiger partial charge in [-0.1, -0.05) is 31.2 Å². The molecule has 22 heavy (non-hydrogen) atoms. The molecule has 0 unspecified atom stereocenters. The average molecular weight is 300 g/mol. The molecule has 2 aromatic carbocycles. The van der Waals surface area contributed by atoms with Crippen LogP contribution in [0.2, 0.25) is 0 Å². The minimum atomic E-state index is 0.580. The zero-order valence-corrected chi connectivity index (χ0v) is 13.4. The highest BCUT2D eigenvalue weighted by Crippen LogP contribution is 2.24. The normalized spacial score (nSPS) is 10.5. The lowest BCUT2D eigenvalue weighted by Crippen LogP contribution is -2.06. The molecule has 118 valence electrons. The average Bonchev–Trinajstić information content (AvgIpc) is 2.58. The van der Waals surface area contributed by atoms with Crippen LogP contribution in [-0.2, 0) is 4.74 Å². The fraction of sp³-hybridized carbons (Fsp3) is 0.368. The standard InChI is InChI=1S/C19H24O3/c1-3-13-21-18-9-5-16(6-10-18)17-7-11-19(12-8-17)22-15-14-20-4-2/h5-12H,3-4,13-15H2,1-2H3. The van der Waals surface area contributed by atoms with E-state index < -0.39 is 0 Å². The fourth-order valence-corrected chi connectivity index (χ4v) is 2.07. The molecule has 0 fully saturated rings. The summed E-state index contributed by atoms with van der Waals surface area (Å²) in [4.78, 5) is 0. The Kier molecular flexibility index (Phi) is 6.78. The van der Waals surface area contributed by atoms with Gasteiger partial charge in [0, 0.05) is 6.61 Å². The molecule has 0 saturated heterocycles. The van der Waals surface area contributed by atoms with Crippen molar-refractivity contribution in [3.05, 3.63) is 48.5 Å². The number of rotatable bonds is 9. The minimum absolute atomic E-state index is 0.580. The van der Waals surface area contributed by atoms with Gasteiger partial charge in [0.15, 0.2) is 0 Å². The third-order valence-corrected chi connectivity index (χ3v) is 3.22. The Morgan fingerprint density at radius 3 is 1.59 bits per heavy atom. The first-order chi connectivity index (χ1) is 10.8. The van der Waals surface area contributed by atoms with Gasteiger partial charge in [0.25, 0.3) is 0 Å². The van der Waals surface area contributed by atoms with E-state index in [4.69, 9.17) is 14.2 Å². The number of ether oxygens (including phenoxy) is 3. The lowest BCUT2D eigenvalue weighted by Gasteiger charge is -2.08. The van der Waals surface area contributed by atoms with E-state index in [1.54, 1.807) is 0 Å². The van der Waals surface area contributed by atoms with E-state index in [0.717, 1.165) is 31.1 Å². The van der Waals surface area contributed by atoms with Gasteiger partial charge in [0.05, 0.1) is 13.2 Å². The zero-order valence-electron chi connectivity index (χ0n) is 13.4. The monoisotopic (exact) mass is 300 g/mol. The summed E-state index contributed by atoms with van der Waals surface area (Å²) in [6.07, 6.45) is 1.02. The molecule has 0 bridgehead atoms. The van der Waals surface area contributed by atoms with Crippen LogP contribution in [0.4, 0.5) is 0 Å². The Balaban J connectivity index is 1.92. The van der Waals surface area contributed by atoms with Gasteiger partial charge in [-0.25, -0.2) is 0 Å². The molecular formula is C19H24O3. The smallest absolute Gasteiger partial charge is 0.119 e. The van der Waals surface area contributed by atoms with Crippen LogP contribution in [0.25, 0.3) is 11.1 Å². The molecule has 0 amide bonds. The van der Waals surface area contributed by atoms with Crippen molar-refractivity contribution in [3.63, 3.8) is 0 Å². The highest BCUT2D eigenvalue weighted by atomic mass is 16.5. The second-order valence-electron chi connectivity index (χ2n) is 4.94. The zero-order chi connectivity index (χ0) is 15.6. The summed E-state index contributed by atoms with van der Waals surface area (Å²) >= 11 is 0. The second kappa shape index (κ2) is 9.11. The molecule has 0 radical (unpaired) electrons. The predicted molar refractivity (Wildman–Crippen MR) is 89.7 cm³/mol. The number of benzene rings is 2. The highest BCUT2D eigenvalue weighted by molar-refractivity contribution is 5.64. The molecule has 3 nitrogen and oxygen atoms in total. The van der Waals surface area contributed by atoms with E-state index >= 15 is 0 Å². The molecule has 0 saturated carbocycles. The molecule has 0 N–H and O–H groups in total. The Hall–Kier alpha value is -2.00. The molecule has 0 aliphatic rings. The summed E-state index contributed by atoms with van der Waals surface area (Å²) < 4.78 is 16.5. The number of hydrogen-bond donors (Lipinski definition) is 0. The fourth-order valence-electron chi connectivity index (χ4n) is 2.07. The summed E-state index contributed by atoms with van der Waals surface area (Å²) in [5.74, 6) is 1.79. The van der Waals surface area contributed by atoms with E-state index in [9.17, 15) is 0 Å². The van der Waals surface area contributed by atoms with Crippen LogP contribution in [0.5, 0.6) is 11.5 Å². The first-order valence-electron chi connectivity index (χ1n) is 7.87. The van der Waals surface area contributed by atoms with Gasteiger partial charge < -0.3 is 14.2 Å². The van der Waals surface area contributed by atoms with E-state index in [2.05, 4.69) is 31.2 Å². The molecular weight excluding hydrogens is 276 g/mol. The Labute approximate surface area is 132 Å². The second-order valence-corrected chi connectivity index (χ2v) is 4.94. The van der Waals surface area contributed by atoms with Crippen molar-refractivity contribution in [2.24, 2.45) is 0 Å². The van der Waals surface area contributed by atoms with Crippen molar-refractivity contribution < 1.29 is 14.2 Å². The van der Waals surface area contributed by atoms with Crippen molar-refractivity contribution >= 4 is 0 Å². The lowest BCUT2D eigenvalue weighted by molar-refractivity contribution is 0.110. The maximum Gasteiger partial charge on any atom is 0.119 e. The van der Waals surface area contributed by atoms with Crippen LogP contribution in [-0.4, -0.2) is 26.4 Å². The first-order valence-corrected chi connectivity index (χ1v) is 7.87. The van der Waals surface area contributed by atoms with Crippen LogP contribution < -0.4 is 9.47 Å². The van der Waals surface area contributed by atoms with Crippen molar-refractivity contribution in [2.75, 3.05) is 26.4 Å². The molecule has 0 spiro atoms. The molecule has 0 atom stereocenters. The summed E-state index contributed by atoms with van der Waals surface area (Å²) in [5.41, 5.74) is 2.34.